The van der Waals surface area contributed by atoms with Gasteiger partial charge in [0.2, 0.25) is 5.91 Å². The molecule has 3 aromatic rings. The highest BCUT2D eigenvalue weighted by molar-refractivity contribution is 6.04. The van der Waals surface area contributed by atoms with Gasteiger partial charge in [0.1, 0.15) is 11.9 Å². The van der Waals surface area contributed by atoms with E-state index in [2.05, 4.69) is 20.6 Å². The SMILES string of the molecule is O=C(CC[C@@H]1NC(=O)N(CCc2c[nH]c3ccc(F)cc23)C1=O)NCc1ccncc1. The number of fused-ring (bicyclic) bond motifs is 1. The molecule has 1 atom stereocenters. The number of amides is 4. The summed E-state index contributed by atoms with van der Waals surface area (Å²) in [5.41, 5.74) is 2.55. The minimum Gasteiger partial charge on any atom is -0.361 e. The number of carbonyl (C=O) groups is 3. The van der Waals surface area contributed by atoms with Gasteiger partial charge in [-0.05, 0) is 54.3 Å². The first-order valence-corrected chi connectivity index (χ1v) is 10.0. The summed E-state index contributed by atoms with van der Waals surface area (Å²) >= 11 is 0. The van der Waals surface area contributed by atoms with E-state index in [1.165, 1.54) is 12.1 Å². The Kier molecular flexibility index (Phi) is 5.92. The number of nitrogens with zero attached hydrogens (tertiary/aromatic N) is 2. The lowest BCUT2D eigenvalue weighted by Gasteiger charge is -2.13. The summed E-state index contributed by atoms with van der Waals surface area (Å²) in [6.07, 6.45) is 5.80. The molecular weight excluding hydrogens is 401 g/mol. The zero-order valence-corrected chi connectivity index (χ0v) is 16.7. The molecule has 31 heavy (non-hydrogen) atoms. The highest BCUT2D eigenvalue weighted by Crippen LogP contribution is 2.21. The lowest BCUT2D eigenvalue weighted by atomic mass is 10.1. The van der Waals surface area contributed by atoms with Crippen molar-refractivity contribution in [2.24, 2.45) is 0 Å². The van der Waals surface area contributed by atoms with Crippen LogP contribution in [0.2, 0.25) is 0 Å². The van der Waals surface area contributed by atoms with Gasteiger partial charge in [0, 0.05) is 49.0 Å². The molecule has 3 heterocycles. The summed E-state index contributed by atoms with van der Waals surface area (Å²) in [5, 5.41) is 6.16. The molecule has 0 radical (unpaired) electrons. The van der Waals surface area contributed by atoms with E-state index in [4.69, 9.17) is 0 Å². The van der Waals surface area contributed by atoms with Gasteiger partial charge >= 0.3 is 6.03 Å². The van der Waals surface area contributed by atoms with Crippen LogP contribution in [-0.2, 0) is 22.6 Å². The monoisotopic (exact) mass is 423 g/mol. The Morgan fingerprint density at radius 2 is 2.00 bits per heavy atom. The van der Waals surface area contributed by atoms with Crippen LogP contribution in [0.1, 0.15) is 24.0 Å². The van der Waals surface area contributed by atoms with E-state index in [9.17, 15) is 18.8 Å². The van der Waals surface area contributed by atoms with Crippen molar-refractivity contribution in [3.05, 3.63) is 65.9 Å². The van der Waals surface area contributed by atoms with Gasteiger partial charge in [0.25, 0.3) is 5.91 Å². The van der Waals surface area contributed by atoms with E-state index in [1.54, 1.807) is 36.8 Å². The lowest BCUT2D eigenvalue weighted by molar-refractivity contribution is -0.127. The number of pyridine rings is 1. The first-order chi connectivity index (χ1) is 15.0. The molecule has 160 valence electrons. The highest BCUT2D eigenvalue weighted by Gasteiger charge is 2.37. The van der Waals surface area contributed by atoms with Gasteiger partial charge in [0.15, 0.2) is 0 Å². The minimum atomic E-state index is -0.723. The summed E-state index contributed by atoms with van der Waals surface area (Å²) < 4.78 is 13.5. The zero-order valence-electron chi connectivity index (χ0n) is 16.7. The predicted octanol–water partition coefficient (Wildman–Crippen LogP) is 2.26. The summed E-state index contributed by atoms with van der Waals surface area (Å²) in [4.78, 5) is 45.1. The standard InChI is InChI=1S/C22H22FN5O3/c23-16-1-2-18-17(11-16)15(13-25-18)7-10-28-21(30)19(27-22(28)31)3-4-20(29)26-12-14-5-8-24-9-6-14/h1-2,5-6,8-9,11,13,19,25H,3-4,7,10,12H2,(H,26,29)(H,27,31)/t19-/m0/s1. The molecule has 3 N–H and O–H groups in total. The number of urea groups is 1. The van der Waals surface area contributed by atoms with Crippen molar-refractivity contribution in [3.8, 4) is 0 Å². The maximum atomic E-state index is 13.5. The summed E-state index contributed by atoms with van der Waals surface area (Å²) in [5.74, 6) is -0.887. The van der Waals surface area contributed by atoms with Crippen molar-refractivity contribution in [1.82, 2.24) is 25.5 Å². The fourth-order valence-corrected chi connectivity index (χ4v) is 3.64. The molecule has 1 fully saturated rings. The Morgan fingerprint density at radius 1 is 1.19 bits per heavy atom. The molecule has 1 aromatic carbocycles. The lowest BCUT2D eigenvalue weighted by Crippen LogP contribution is -2.33. The number of rotatable bonds is 8. The van der Waals surface area contributed by atoms with Crippen LogP contribution < -0.4 is 10.6 Å². The van der Waals surface area contributed by atoms with E-state index >= 15 is 0 Å². The number of aromatic amines is 1. The smallest absolute Gasteiger partial charge is 0.324 e. The van der Waals surface area contributed by atoms with Crippen molar-refractivity contribution >= 4 is 28.7 Å². The van der Waals surface area contributed by atoms with Gasteiger partial charge in [-0.15, -0.1) is 0 Å². The maximum Gasteiger partial charge on any atom is 0.324 e. The Bertz CT molecular complexity index is 1110. The van der Waals surface area contributed by atoms with Crippen LogP contribution in [-0.4, -0.2) is 45.3 Å². The van der Waals surface area contributed by atoms with E-state index in [-0.39, 0.29) is 37.0 Å². The van der Waals surface area contributed by atoms with Gasteiger partial charge in [-0.25, -0.2) is 9.18 Å². The molecule has 2 aromatic heterocycles. The van der Waals surface area contributed by atoms with Gasteiger partial charge in [-0.3, -0.25) is 19.5 Å². The van der Waals surface area contributed by atoms with Crippen LogP contribution >= 0.6 is 0 Å². The quantitative estimate of drug-likeness (QED) is 0.483. The average Bonchev–Trinajstić information content (AvgIpc) is 3.29. The van der Waals surface area contributed by atoms with Crippen molar-refractivity contribution in [3.63, 3.8) is 0 Å². The Labute approximate surface area is 177 Å². The van der Waals surface area contributed by atoms with Crippen LogP contribution in [0.3, 0.4) is 0 Å². The van der Waals surface area contributed by atoms with Crippen molar-refractivity contribution in [2.45, 2.75) is 31.8 Å². The third-order valence-corrected chi connectivity index (χ3v) is 5.34. The van der Waals surface area contributed by atoms with Gasteiger partial charge in [-0.1, -0.05) is 0 Å². The molecule has 4 amide bonds. The van der Waals surface area contributed by atoms with E-state index in [0.717, 1.165) is 26.9 Å². The predicted molar refractivity (Wildman–Crippen MR) is 111 cm³/mol. The molecular formula is C22H22FN5O3. The number of carbonyl (C=O) groups excluding carboxylic acids is 3. The fraction of sp³-hybridized carbons (Fsp3) is 0.273. The average molecular weight is 423 g/mol. The number of nitrogens with one attached hydrogen (secondary N) is 3. The van der Waals surface area contributed by atoms with Crippen LogP contribution in [0, 0.1) is 5.82 Å². The Morgan fingerprint density at radius 3 is 2.81 bits per heavy atom. The van der Waals surface area contributed by atoms with Crippen molar-refractivity contribution in [1.29, 1.82) is 0 Å². The second kappa shape index (κ2) is 8.95. The number of halogens is 1. The molecule has 9 heteroatoms. The Hall–Kier alpha value is -3.75. The van der Waals surface area contributed by atoms with E-state index < -0.39 is 12.1 Å². The van der Waals surface area contributed by atoms with Gasteiger partial charge < -0.3 is 15.6 Å². The largest absolute Gasteiger partial charge is 0.361 e. The number of hydrogen-bond donors (Lipinski definition) is 3. The van der Waals surface area contributed by atoms with Gasteiger partial charge in [-0.2, -0.15) is 0 Å². The third-order valence-electron chi connectivity index (χ3n) is 5.34. The van der Waals surface area contributed by atoms with E-state index in [1.807, 2.05) is 0 Å². The second-order valence-electron chi connectivity index (χ2n) is 7.42. The number of H-pyrrole nitrogens is 1. The first-order valence-electron chi connectivity index (χ1n) is 10.0. The maximum absolute atomic E-state index is 13.5. The molecule has 0 saturated carbocycles. The van der Waals surface area contributed by atoms with Gasteiger partial charge in [0.05, 0.1) is 0 Å². The molecule has 1 aliphatic rings. The third kappa shape index (κ3) is 4.71. The van der Waals surface area contributed by atoms with Crippen molar-refractivity contribution in [2.75, 3.05) is 6.54 Å². The van der Waals surface area contributed by atoms with Crippen molar-refractivity contribution < 1.29 is 18.8 Å². The Balaban J connectivity index is 1.28. The number of aromatic nitrogens is 2. The minimum absolute atomic E-state index is 0.122. The first kappa shape index (κ1) is 20.5. The fourth-order valence-electron chi connectivity index (χ4n) is 3.64. The molecule has 8 nitrogen and oxygen atoms in total. The highest BCUT2D eigenvalue weighted by atomic mass is 19.1. The normalized spacial score (nSPS) is 16.0. The second-order valence-corrected chi connectivity index (χ2v) is 7.42. The summed E-state index contributed by atoms with van der Waals surface area (Å²) in [6, 6.07) is 6.87. The summed E-state index contributed by atoms with van der Waals surface area (Å²) in [7, 11) is 0. The van der Waals surface area contributed by atoms with Crippen LogP contribution in [0.25, 0.3) is 10.9 Å². The number of imide groups is 1. The molecule has 0 unspecified atom stereocenters. The van der Waals surface area contributed by atoms with E-state index in [0.29, 0.717) is 13.0 Å². The summed E-state index contributed by atoms with van der Waals surface area (Å²) in [6.45, 7) is 0.558. The molecule has 0 bridgehead atoms. The van der Waals surface area contributed by atoms with Crippen LogP contribution in [0.15, 0.2) is 48.9 Å². The van der Waals surface area contributed by atoms with Crippen LogP contribution in [0.5, 0.6) is 0 Å². The van der Waals surface area contributed by atoms with Crippen LogP contribution in [0.4, 0.5) is 9.18 Å². The molecule has 0 aliphatic carbocycles. The molecule has 0 spiro atoms. The molecule has 4 rings (SSSR count). The topological polar surface area (TPSA) is 107 Å². The number of hydrogen-bond acceptors (Lipinski definition) is 4. The number of benzene rings is 1. The zero-order chi connectivity index (χ0) is 21.8. The molecule has 1 aliphatic heterocycles. The molecule has 1 saturated heterocycles.